The van der Waals surface area contributed by atoms with Gasteiger partial charge < -0.3 is 15.2 Å². The molecule has 0 aliphatic carbocycles. The van der Waals surface area contributed by atoms with E-state index in [0.29, 0.717) is 28.9 Å². The fourth-order valence-corrected chi connectivity index (χ4v) is 3.20. The van der Waals surface area contributed by atoms with Crippen LogP contribution < -0.4 is 5.32 Å². The molecule has 5 nitrogen and oxygen atoms in total. The van der Waals surface area contributed by atoms with Crippen LogP contribution in [-0.4, -0.2) is 42.0 Å². The summed E-state index contributed by atoms with van der Waals surface area (Å²) in [5.41, 5.74) is 3.59. The lowest BCUT2D eigenvalue weighted by Crippen LogP contribution is -2.35. The highest BCUT2D eigenvalue weighted by atomic mass is 19.1. The fourth-order valence-electron chi connectivity index (χ4n) is 3.20. The van der Waals surface area contributed by atoms with Crippen LogP contribution in [0.15, 0.2) is 24.3 Å². The van der Waals surface area contributed by atoms with E-state index in [1.54, 1.807) is 18.2 Å². The summed E-state index contributed by atoms with van der Waals surface area (Å²) in [6.45, 7) is 11.1. The SMILES string of the molecule is CCN(CC)CCNC(=O)c1c(C)[nH]c(/C=C(\C#N)c2cccc(F)c2)c1C. The van der Waals surface area contributed by atoms with Gasteiger partial charge in [-0.2, -0.15) is 5.26 Å². The standard InChI is InChI=1S/C22H27FN4O/c1-5-27(6-2)11-10-25-22(28)21-15(3)20(26-16(21)4)13-18(14-24)17-8-7-9-19(23)12-17/h7-9,12-13,26H,5-6,10-11H2,1-4H3,(H,25,28)/b18-13+. The van der Waals surface area contributed by atoms with E-state index >= 15 is 0 Å². The van der Waals surface area contributed by atoms with E-state index in [1.807, 2.05) is 13.8 Å². The van der Waals surface area contributed by atoms with Gasteiger partial charge in [-0.15, -0.1) is 0 Å². The molecule has 1 heterocycles. The zero-order chi connectivity index (χ0) is 20.7. The number of carbonyl (C=O) groups is 1. The lowest BCUT2D eigenvalue weighted by atomic mass is 10.0. The number of allylic oxidation sites excluding steroid dienone is 1. The minimum Gasteiger partial charge on any atom is -0.358 e. The predicted molar refractivity (Wildman–Crippen MR) is 110 cm³/mol. The van der Waals surface area contributed by atoms with Gasteiger partial charge in [-0.25, -0.2) is 4.39 Å². The normalized spacial score (nSPS) is 11.5. The number of H-pyrrole nitrogens is 1. The monoisotopic (exact) mass is 382 g/mol. The van der Waals surface area contributed by atoms with Crippen molar-refractivity contribution in [1.29, 1.82) is 5.26 Å². The van der Waals surface area contributed by atoms with E-state index in [4.69, 9.17) is 0 Å². The summed E-state index contributed by atoms with van der Waals surface area (Å²) in [6, 6.07) is 8.02. The molecule has 6 heteroatoms. The molecule has 0 aliphatic heterocycles. The zero-order valence-corrected chi connectivity index (χ0v) is 16.9. The Morgan fingerprint density at radius 2 is 2.04 bits per heavy atom. The third kappa shape index (κ3) is 5.08. The number of carbonyl (C=O) groups excluding carboxylic acids is 1. The molecule has 0 saturated heterocycles. The number of likely N-dealkylation sites (N-methyl/N-ethyl adjacent to an activating group) is 1. The number of nitriles is 1. The summed E-state index contributed by atoms with van der Waals surface area (Å²) in [5.74, 6) is -0.534. The fraction of sp³-hybridized carbons (Fsp3) is 0.364. The van der Waals surface area contributed by atoms with E-state index in [-0.39, 0.29) is 5.91 Å². The molecule has 28 heavy (non-hydrogen) atoms. The summed E-state index contributed by atoms with van der Waals surface area (Å²) >= 11 is 0. The molecule has 0 saturated carbocycles. The zero-order valence-electron chi connectivity index (χ0n) is 16.9. The lowest BCUT2D eigenvalue weighted by molar-refractivity contribution is 0.0948. The first-order valence-corrected chi connectivity index (χ1v) is 9.48. The molecule has 148 valence electrons. The Balaban J connectivity index is 2.23. The van der Waals surface area contributed by atoms with E-state index < -0.39 is 5.82 Å². The maximum atomic E-state index is 13.5. The largest absolute Gasteiger partial charge is 0.358 e. The first-order valence-electron chi connectivity index (χ1n) is 9.48. The van der Waals surface area contributed by atoms with Gasteiger partial charge in [0.2, 0.25) is 0 Å². The van der Waals surface area contributed by atoms with Crippen LogP contribution in [-0.2, 0) is 0 Å². The molecular weight excluding hydrogens is 355 g/mol. The van der Waals surface area contributed by atoms with Crippen molar-refractivity contribution < 1.29 is 9.18 Å². The number of aryl methyl sites for hydroxylation is 1. The van der Waals surface area contributed by atoms with E-state index in [2.05, 4.69) is 35.1 Å². The van der Waals surface area contributed by atoms with Gasteiger partial charge in [0.1, 0.15) is 5.82 Å². The van der Waals surface area contributed by atoms with E-state index in [9.17, 15) is 14.4 Å². The number of aromatic amines is 1. The van der Waals surface area contributed by atoms with Crippen molar-refractivity contribution in [2.75, 3.05) is 26.2 Å². The third-order valence-electron chi connectivity index (χ3n) is 4.86. The number of hydrogen-bond donors (Lipinski definition) is 2. The quantitative estimate of drug-likeness (QED) is 0.680. The number of halogens is 1. The Morgan fingerprint density at radius 3 is 2.64 bits per heavy atom. The molecular formula is C22H27FN4O. The second-order valence-corrected chi connectivity index (χ2v) is 6.63. The van der Waals surface area contributed by atoms with Crippen LogP contribution in [0.1, 0.15) is 46.7 Å². The first-order chi connectivity index (χ1) is 13.4. The second-order valence-electron chi connectivity index (χ2n) is 6.63. The first kappa shape index (κ1) is 21.4. The number of amides is 1. The maximum absolute atomic E-state index is 13.5. The van der Waals surface area contributed by atoms with E-state index in [0.717, 1.165) is 30.9 Å². The average Bonchev–Trinajstić information content (AvgIpc) is 2.96. The molecule has 1 aromatic carbocycles. The number of aromatic nitrogens is 1. The van der Waals surface area contributed by atoms with Crippen molar-refractivity contribution in [1.82, 2.24) is 15.2 Å². The predicted octanol–water partition coefficient (Wildman–Crippen LogP) is 3.91. The van der Waals surface area contributed by atoms with Crippen LogP contribution in [0, 0.1) is 31.0 Å². The molecule has 2 N–H and O–H groups in total. The van der Waals surface area contributed by atoms with Gasteiger partial charge in [0.15, 0.2) is 0 Å². The minimum absolute atomic E-state index is 0.137. The van der Waals surface area contributed by atoms with Gasteiger partial charge in [0.05, 0.1) is 17.2 Å². The van der Waals surface area contributed by atoms with Gasteiger partial charge in [-0.3, -0.25) is 4.79 Å². The Bertz CT molecular complexity index is 904. The number of benzene rings is 1. The molecule has 2 rings (SSSR count). The van der Waals surface area contributed by atoms with Gasteiger partial charge >= 0.3 is 0 Å². The van der Waals surface area contributed by atoms with Gasteiger partial charge in [-0.05, 0) is 56.3 Å². The lowest BCUT2D eigenvalue weighted by Gasteiger charge is -2.18. The van der Waals surface area contributed by atoms with Gasteiger partial charge in [-0.1, -0.05) is 26.0 Å². The molecule has 0 atom stereocenters. The molecule has 0 radical (unpaired) electrons. The van der Waals surface area contributed by atoms with Crippen LogP contribution in [0.25, 0.3) is 11.6 Å². The number of nitrogens with one attached hydrogen (secondary N) is 2. The van der Waals surface area contributed by atoms with Crippen molar-refractivity contribution in [2.24, 2.45) is 0 Å². The Morgan fingerprint density at radius 1 is 1.32 bits per heavy atom. The molecule has 0 aliphatic rings. The number of rotatable bonds is 8. The van der Waals surface area contributed by atoms with Crippen molar-refractivity contribution in [2.45, 2.75) is 27.7 Å². The van der Waals surface area contributed by atoms with Gasteiger partial charge in [0, 0.05) is 24.5 Å². The van der Waals surface area contributed by atoms with Crippen molar-refractivity contribution in [3.63, 3.8) is 0 Å². The molecule has 1 aromatic heterocycles. The van der Waals surface area contributed by atoms with Gasteiger partial charge in [0.25, 0.3) is 5.91 Å². The van der Waals surface area contributed by atoms with Crippen LogP contribution in [0.5, 0.6) is 0 Å². The third-order valence-corrected chi connectivity index (χ3v) is 4.86. The Kier molecular flexibility index (Phi) is 7.53. The highest BCUT2D eigenvalue weighted by molar-refractivity contribution is 5.99. The smallest absolute Gasteiger partial charge is 0.253 e. The van der Waals surface area contributed by atoms with Crippen LogP contribution in [0.2, 0.25) is 0 Å². The Hall–Kier alpha value is -2.91. The summed E-state index contributed by atoms with van der Waals surface area (Å²) < 4.78 is 13.5. The molecule has 2 aromatic rings. The number of hydrogen-bond acceptors (Lipinski definition) is 3. The maximum Gasteiger partial charge on any atom is 0.253 e. The molecule has 0 bridgehead atoms. The summed E-state index contributed by atoms with van der Waals surface area (Å²) in [7, 11) is 0. The Labute approximate surface area is 165 Å². The summed E-state index contributed by atoms with van der Waals surface area (Å²) in [4.78, 5) is 18.1. The number of nitrogens with zero attached hydrogens (tertiary/aromatic N) is 2. The molecule has 0 spiro atoms. The minimum atomic E-state index is -0.397. The van der Waals surface area contributed by atoms with Crippen molar-refractivity contribution >= 4 is 17.6 Å². The molecule has 0 fully saturated rings. The summed E-state index contributed by atoms with van der Waals surface area (Å²) in [5, 5.41) is 12.4. The topological polar surface area (TPSA) is 71.9 Å². The summed E-state index contributed by atoms with van der Waals surface area (Å²) in [6.07, 6.45) is 1.66. The van der Waals surface area contributed by atoms with Crippen LogP contribution in [0.3, 0.4) is 0 Å². The van der Waals surface area contributed by atoms with Crippen LogP contribution in [0.4, 0.5) is 4.39 Å². The second kappa shape index (κ2) is 9.86. The van der Waals surface area contributed by atoms with Crippen molar-refractivity contribution in [3.8, 4) is 6.07 Å². The highest BCUT2D eigenvalue weighted by Crippen LogP contribution is 2.23. The highest BCUT2D eigenvalue weighted by Gasteiger charge is 2.18. The average molecular weight is 382 g/mol. The molecule has 1 amide bonds. The van der Waals surface area contributed by atoms with Crippen LogP contribution >= 0.6 is 0 Å². The molecule has 0 unspecified atom stereocenters. The van der Waals surface area contributed by atoms with Crippen molar-refractivity contribution in [3.05, 3.63) is 58.2 Å². The van der Waals surface area contributed by atoms with E-state index in [1.165, 1.54) is 12.1 Å².